The van der Waals surface area contributed by atoms with Crippen LogP contribution >= 0.6 is 0 Å². The van der Waals surface area contributed by atoms with Gasteiger partial charge in [0.2, 0.25) is 0 Å². The molecule has 1 saturated carbocycles. The Morgan fingerprint density at radius 2 is 2.05 bits per heavy atom. The van der Waals surface area contributed by atoms with Gasteiger partial charge in [-0.25, -0.2) is 0 Å². The second-order valence-electron chi connectivity index (χ2n) is 5.82. The summed E-state index contributed by atoms with van der Waals surface area (Å²) in [6.07, 6.45) is 8.19. The summed E-state index contributed by atoms with van der Waals surface area (Å²) in [6, 6.07) is 5.68. The summed E-state index contributed by atoms with van der Waals surface area (Å²) >= 11 is 0. The fraction of sp³-hybridized carbons (Fsp3) is 0.438. The number of nitrogens with zero attached hydrogens (tertiary/aromatic N) is 2. The van der Waals surface area contributed by atoms with Gasteiger partial charge >= 0.3 is 0 Å². The molecule has 2 aromatic rings. The van der Waals surface area contributed by atoms with Crippen molar-refractivity contribution in [3.63, 3.8) is 0 Å². The van der Waals surface area contributed by atoms with Crippen LogP contribution in [0.3, 0.4) is 0 Å². The fourth-order valence-corrected chi connectivity index (χ4v) is 3.19. The lowest BCUT2D eigenvalue weighted by Crippen LogP contribution is -2.30. The minimum absolute atomic E-state index is 0.111. The second kappa shape index (κ2) is 5.68. The molecule has 0 amide bonds. The summed E-state index contributed by atoms with van der Waals surface area (Å²) in [6.45, 7) is 2.27. The van der Waals surface area contributed by atoms with Crippen molar-refractivity contribution in [1.29, 1.82) is 0 Å². The Bertz CT molecular complexity index is 672. The Morgan fingerprint density at radius 3 is 2.81 bits per heavy atom. The number of fused-ring (bicyclic) bond motifs is 1. The van der Waals surface area contributed by atoms with E-state index in [-0.39, 0.29) is 10.6 Å². The molecule has 1 aromatic carbocycles. The molecular formula is C16H19N3O2. The first-order valence-corrected chi connectivity index (χ1v) is 7.44. The van der Waals surface area contributed by atoms with E-state index in [0.29, 0.717) is 17.3 Å². The zero-order chi connectivity index (χ0) is 14.8. The lowest BCUT2D eigenvalue weighted by molar-refractivity contribution is -0.383. The molecule has 3 rings (SSSR count). The van der Waals surface area contributed by atoms with E-state index in [9.17, 15) is 10.1 Å². The van der Waals surface area contributed by atoms with Gasteiger partial charge in [0.05, 0.1) is 10.3 Å². The van der Waals surface area contributed by atoms with Gasteiger partial charge < -0.3 is 5.32 Å². The number of non-ortho nitro benzene ring substituents is 1. The Morgan fingerprint density at radius 1 is 1.24 bits per heavy atom. The standard InChI is InChI=1S/C16H19N3O2/c1-11-4-2-3-5-14(11)18-15-6-7-16(19(20)21)13-10-17-9-8-12(13)15/h6-11,14,18H,2-5H2,1H3/t11-,14+/m0/s1. The molecule has 0 bridgehead atoms. The van der Waals surface area contributed by atoms with Crippen LogP contribution in [0.1, 0.15) is 32.6 Å². The number of hydrogen-bond donors (Lipinski definition) is 1. The van der Waals surface area contributed by atoms with Crippen molar-refractivity contribution < 1.29 is 4.92 Å². The molecule has 1 aromatic heterocycles. The highest BCUT2D eigenvalue weighted by Crippen LogP contribution is 2.33. The summed E-state index contributed by atoms with van der Waals surface area (Å²) < 4.78 is 0. The largest absolute Gasteiger partial charge is 0.382 e. The molecule has 0 radical (unpaired) electrons. The highest BCUT2D eigenvalue weighted by molar-refractivity contribution is 5.99. The van der Waals surface area contributed by atoms with E-state index in [1.54, 1.807) is 18.5 Å². The van der Waals surface area contributed by atoms with E-state index in [0.717, 1.165) is 17.5 Å². The average molecular weight is 285 g/mol. The second-order valence-corrected chi connectivity index (χ2v) is 5.82. The molecule has 1 aliphatic rings. The van der Waals surface area contributed by atoms with Gasteiger partial charge in [0.1, 0.15) is 0 Å². The fourth-order valence-electron chi connectivity index (χ4n) is 3.19. The average Bonchev–Trinajstić information content (AvgIpc) is 2.49. The minimum atomic E-state index is -0.350. The number of nitrogens with one attached hydrogen (secondary N) is 1. The predicted molar refractivity (Wildman–Crippen MR) is 83.4 cm³/mol. The van der Waals surface area contributed by atoms with Crippen LogP contribution in [-0.4, -0.2) is 15.9 Å². The van der Waals surface area contributed by atoms with Crippen LogP contribution in [-0.2, 0) is 0 Å². The number of anilines is 1. The maximum Gasteiger partial charge on any atom is 0.278 e. The maximum atomic E-state index is 11.1. The number of rotatable bonds is 3. The highest BCUT2D eigenvalue weighted by atomic mass is 16.6. The van der Waals surface area contributed by atoms with E-state index in [2.05, 4.69) is 17.2 Å². The molecule has 0 saturated heterocycles. The summed E-state index contributed by atoms with van der Waals surface area (Å²) in [5.74, 6) is 0.630. The van der Waals surface area contributed by atoms with Crippen LogP contribution in [0.15, 0.2) is 30.6 Å². The molecule has 21 heavy (non-hydrogen) atoms. The lowest BCUT2D eigenvalue weighted by atomic mass is 9.85. The topological polar surface area (TPSA) is 68.1 Å². The zero-order valence-corrected chi connectivity index (χ0v) is 12.1. The van der Waals surface area contributed by atoms with Crippen molar-refractivity contribution in [2.75, 3.05) is 5.32 Å². The first-order valence-electron chi connectivity index (χ1n) is 7.44. The molecule has 5 heteroatoms. The Hall–Kier alpha value is -2.17. The van der Waals surface area contributed by atoms with Gasteiger partial charge in [-0.15, -0.1) is 0 Å². The lowest BCUT2D eigenvalue weighted by Gasteiger charge is -2.30. The molecule has 1 fully saturated rings. The van der Waals surface area contributed by atoms with Gasteiger partial charge in [0, 0.05) is 35.6 Å². The van der Waals surface area contributed by atoms with Crippen LogP contribution < -0.4 is 5.32 Å². The van der Waals surface area contributed by atoms with Gasteiger partial charge in [-0.3, -0.25) is 15.1 Å². The maximum absolute atomic E-state index is 11.1. The van der Waals surface area contributed by atoms with Gasteiger partial charge in [-0.2, -0.15) is 0 Å². The summed E-state index contributed by atoms with van der Waals surface area (Å²) in [7, 11) is 0. The Labute approximate surface area is 123 Å². The van der Waals surface area contributed by atoms with Crippen molar-refractivity contribution >= 4 is 22.1 Å². The molecule has 2 atom stereocenters. The Kier molecular flexibility index (Phi) is 3.73. The molecule has 110 valence electrons. The first-order chi connectivity index (χ1) is 10.2. The third-order valence-corrected chi connectivity index (χ3v) is 4.44. The third-order valence-electron chi connectivity index (χ3n) is 4.44. The summed E-state index contributed by atoms with van der Waals surface area (Å²) in [4.78, 5) is 14.8. The predicted octanol–water partition coefficient (Wildman–Crippen LogP) is 4.13. The molecule has 0 spiro atoms. The van der Waals surface area contributed by atoms with E-state index >= 15 is 0 Å². The van der Waals surface area contributed by atoms with Gasteiger partial charge in [0.15, 0.2) is 0 Å². The van der Waals surface area contributed by atoms with Crippen LogP contribution in [0, 0.1) is 16.0 Å². The van der Waals surface area contributed by atoms with Crippen molar-refractivity contribution in [3.05, 3.63) is 40.7 Å². The van der Waals surface area contributed by atoms with E-state index in [1.165, 1.54) is 19.3 Å². The van der Waals surface area contributed by atoms with E-state index < -0.39 is 0 Å². The van der Waals surface area contributed by atoms with Crippen LogP contribution in [0.5, 0.6) is 0 Å². The van der Waals surface area contributed by atoms with E-state index in [4.69, 9.17) is 0 Å². The van der Waals surface area contributed by atoms with Crippen LogP contribution in [0.4, 0.5) is 11.4 Å². The van der Waals surface area contributed by atoms with Crippen molar-refractivity contribution in [2.24, 2.45) is 5.92 Å². The smallest absolute Gasteiger partial charge is 0.278 e. The van der Waals surface area contributed by atoms with Crippen molar-refractivity contribution in [3.8, 4) is 0 Å². The number of aromatic nitrogens is 1. The SMILES string of the molecule is C[C@H]1CCCC[C@H]1Nc1ccc([N+](=O)[O-])c2cnccc12. The number of nitro benzene ring substituents is 1. The summed E-state index contributed by atoms with van der Waals surface area (Å²) in [5.41, 5.74) is 1.08. The Balaban J connectivity index is 1.99. The van der Waals surface area contributed by atoms with Gasteiger partial charge in [-0.05, 0) is 30.9 Å². The number of nitro groups is 1. The van der Waals surface area contributed by atoms with Gasteiger partial charge in [0.25, 0.3) is 5.69 Å². The molecule has 1 N–H and O–H groups in total. The van der Waals surface area contributed by atoms with Crippen molar-refractivity contribution in [1.82, 2.24) is 4.98 Å². The van der Waals surface area contributed by atoms with E-state index in [1.807, 2.05) is 12.1 Å². The summed E-state index contributed by atoms with van der Waals surface area (Å²) in [5, 5.41) is 16.2. The van der Waals surface area contributed by atoms with Crippen LogP contribution in [0.2, 0.25) is 0 Å². The van der Waals surface area contributed by atoms with Gasteiger partial charge in [-0.1, -0.05) is 19.8 Å². The quantitative estimate of drug-likeness (QED) is 0.680. The molecular weight excluding hydrogens is 266 g/mol. The zero-order valence-electron chi connectivity index (χ0n) is 12.1. The molecule has 1 heterocycles. The number of benzene rings is 1. The molecule has 5 nitrogen and oxygen atoms in total. The first kappa shape index (κ1) is 13.8. The number of pyridine rings is 1. The third kappa shape index (κ3) is 2.68. The number of hydrogen-bond acceptors (Lipinski definition) is 4. The highest BCUT2D eigenvalue weighted by Gasteiger charge is 2.22. The molecule has 0 unspecified atom stereocenters. The van der Waals surface area contributed by atoms with Crippen LogP contribution in [0.25, 0.3) is 10.8 Å². The minimum Gasteiger partial charge on any atom is -0.382 e. The normalized spacial score (nSPS) is 22.1. The molecule has 0 aliphatic heterocycles. The van der Waals surface area contributed by atoms with Crippen molar-refractivity contribution in [2.45, 2.75) is 38.6 Å². The molecule has 1 aliphatic carbocycles. The monoisotopic (exact) mass is 285 g/mol.